The summed E-state index contributed by atoms with van der Waals surface area (Å²) >= 11 is 3.44. The molecule has 24 heavy (non-hydrogen) atoms. The molecule has 5 nitrogen and oxygen atoms in total. The molecule has 0 amide bonds. The van der Waals surface area contributed by atoms with Gasteiger partial charge in [-0.15, -0.1) is 0 Å². The predicted octanol–water partition coefficient (Wildman–Crippen LogP) is 3.65. The maximum atomic E-state index is 13.2. The van der Waals surface area contributed by atoms with Crippen LogP contribution in [0, 0.1) is 5.82 Å². The van der Waals surface area contributed by atoms with Crippen LogP contribution in [0.15, 0.2) is 24.3 Å². The lowest BCUT2D eigenvalue weighted by molar-refractivity contribution is 0.584. The van der Waals surface area contributed by atoms with E-state index in [1.807, 2.05) is 13.8 Å². The zero-order chi connectivity index (χ0) is 18.1. The van der Waals surface area contributed by atoms with E-state index in [1.165, 1.54) is 19.1 Å². The van der Waals surface area contributed by atoms with Gasteiger partial charge in [0.05, 0.1) is 11.4 Å². The Kier molecular flexibility index (Phi) is 5.72. The van der Waals surface area contributed by atoms with Crippen LogP contribution in [0.25, 0.3) is 11.3 Å². The molecule has 0 aliphatic rings. The molecule has 2 aromatic rings. The molecule has 8 heteroatoms. The molecule has 1 aromatic heterocycles. The van der Waals surface area contributed by atoms with Gasteiger partial charge in [-0.05, 0) is 37.1 Å². The second-order valence-corrected chi connectivity index (χ2v) is 8.27. The Labute approximate surface area is 149 Å². The van der Waals surface area contributed by atoms with E-state index in [2.05, 4.69) is 25.9 Å². The fourth-order valence-electron chi connectivity index (χ4n) is 2.30. The van der Waals surface area contributed by atoms with Crippen LogP contribution in [-0.4, -0.2) is 18.4 Å². The average Bonchev–Trinajstić information content (AvgIpc) is 2.52. The molecular formula is C16H19BrFN3O2S. The van der Waals surface area contributed by atoms with Crippen molar-refractivity contribution in [2.75, 3.05) is 0 Å². The van der Waals surface area contributed by atoms with E-state index >= 15 is 0 Å². The molecule has 0 saturated heterocycles. The summed E-state index contributed by atoms with van der Waals surface area (Å²) in [6, 6.07) is 5.90. The minimum absolute atomic E-state index is 0.0613. The molecule has 0 saturated carbocycles. The van der Waals surface area contributed by atoms with Crippen molar-refractivity contribution in [3.05, 3.63) is 47.2 Å². The van der Waals surface area contributed by atoms with Crippen molar-refractivity contribution in [1.29, 1.82) is 0 Å². The third-order valence-electron chi connectivity index (χ3n) is 3.71. The highest BCUT2D eigenvalue weighted by molar-refractivity contribution is 9.08. The van der Waals surface area contributed by atoms with Crippen molar-refractivity contribution in [1.82, 2.24) is 9.97 Å². The number of hydrogen-bond donors (Lipinski definition) is 1. The molecular weight excluding hydrogens is 397 g/mol. The van der Waals surface area contributed by atoms with Crippen molar-refractivity contribution in [2.24, 2.45) is 5.14 Å². The Morgan fingerprint density at radius 2 is 1.75 bits per heavy atom. The Morgan fingerprint density at radius 3 is 2.21 bits per heavy atom. The molecule has 2 rings (SSSR count). The number of rotatable bonds is 5. The van der Waals surface area contributed by atoms with Gasteiger partial charge in [0.25, 0.3) is 0 Å². The van der Waals surface area contributed by atoms with E-state index in [9.17, 15) is 12.8 Å². The van der Waals surface area contributed by atoms with Gasteiger partial charge >= 0.3 is 0 Å². The Hall–Kier alpha value is -1.38. The molecule has 0 aliphatic heterocycles. The van der Waals surface area contributed by atoms with E-state index in [0.717, 1.165) is 11.3 Å². The minimum Gasteiger partial charge on any atom is -0.236 e. The van der Waals surface area contributed by atoms with Crippen molar-refractivity contribution >= 4 is 26.0 Å². The molecule has 0 bridgehead atoms. The second-order valence-electron chi connectivity index (χ2n) is 5.82. The Morgan fingerprint density at radius 1 is 1.17 bits per heavy atom. The summed E-state index contributed by atoms with van der Waals surface area (Å²) in [6.07, 6.45) is 0. The Balaban J connectivity index is 2.76. The van der Waals surface area contributed by atoms with Crippen molar-refractivity contribution in [2.45, 2.75) is 37.3 Å². The first-order valence-electron chi connectivity index (χ1n) is 7.39. The first-order valence-corrected chi connectivity index (χ1v) is 10.1. The summed E-state index contributed by atoms with van der Waals surface area (Å²) < 4.78 is 36.6. The zero-order valence-electron chi connectivity index (χ0n) is 13.6. The standard InChI is InChI=1S/C16H19BrFN3O2S/c1-9(2)14-13(8-17)15(11-4-6-12(18)7-5-11)21-16(20-14)10(3)24(19,22)23/h4-7,9-10H,8H2,1-3H3,(H2,19,22,23). The molecule has 1 heterocycles. The monoisotopic (exact) mass is 415 g/mol. The fraction of sp³-hybridized carbons (Fsp3) is 0.375. The molecule has 0 aliphatic carbocycles. The normalized spacial score (nSPS) is 13.3. The summed E-state index contributed by atoms with van der Waals surface area (Å²) in [5, 5.41) is 4.72. The molecule has 0 spiro atoms. The van der Waals surface area contributed by atoms with Gasteiger partial charge in [0.15, 0.2) is 0 Å². The lowest BCUT2D eigenvalue weighted by atomic mass is 9.99. The number of nitrogens with two attached hydrogens (primary N) is 1. The zero-order valence-corrected chi connectivity index (χ0v) is 16.0. The molecule has 0 fully saturated rings. The van der Waals surface area contributed by atoms with Gasteiger partial charge in [0.2, 0.25) is 10.0 Å². The van der Waals surface area contributed by atoms with E-state index in [1.54, 1.807) is 12.1 Å². The quantitative estimate of drug-likeness (QED) is 0.754. The number of primary sulfonamides is 1. The summed E-state index contributed by atoms with van der Waals surface area (Å²) in [7, 11) is -3.82. The third-order valence-corrected chi connectivity index (χ3v) is 5.47. The van der Waals surface area contributed by atoms with Crippen molar-refractivity contribution in [3.63, 3.8) is 0 Å². The molecule has 1 aromatic carbocycles. The number of benzene rings is 1. The lowest BCUT2D eigenvalue weighted by Gasteiger charge is -2.18. The molecule has 0 radical (unpaired) electrons. The molecule has 1 unspecified atom stereocenters. The number of halogens is 2. The van der Waals surface area contributed by atoms with Crippen molar-refractivity contribution < 1.29 is 12.8 Å². The van der Waals surface area contributed by atoms with E-state index < -0.39 is 15.3 Å². The van der Waals surface area contributed by atoms with Gasteiger partial charge in [-0.25, -0.2) is 27.9 Å². The van der Waals surface area contributed by atoms with Crippen LogP contribution >= 0.6 is 15.9 Å². The van der Waals surface area contributed by atoms with E-state index in [-0.39, 0.29) is 17.6 Å². The maximum Gasteiger partial charge on any atom is 0.219 e. The highest BCUT2D eigenvalue weighted by atomic mass is 79.9. The summed E-state index contributed by atoms with van der Waals surface area (Å²) in [6.45, 7) is 5.39. The first-order chi connectivity index (χ1) is 11.1. The van der Waals surface area contributed by atoms with Gasteiger partial charge in [0.1, 0.15) is 16.9 Å². The van der Waals surface area contributed by atoms with Crippen LogP contribution in [0.4, 0.5) is 4.39 Å². The average molecular weight is 416 g/mol. The lowest BCUT2D eigenvalue weighted by Crippen LogP contribution is -2.22. The van der Waals surface area contributed by atoms with Crippen LogP contribution in [0.5, 0.6) is 0 Å². The number of hydrogen-bond acceptors (Lipinski definition) is 4. The van der Waals surface area contributed by atoms with E-state index in [4.69, 9.17) is 5.14 Å². The van der Waals surface area contributed by atoms with E-state index in [0.29, 0.717) is 16.6 Å². The first kappa shape index (κ1) is 19.0. The number of nitrogens with zero attached hydrogens (tertiary/aromatic N) is 2. The number of sulfonamides is 1. The smallest absolute Gasteiger partial charge is 0.219 e. The Bertz CT molecular complexity index is 839. The van der Waals surface area contributed by atoms with Crippen molar-refractivity contribution in [3.8, 4) is 11.3 Å². The highest BCUT2D eigenvalue weighted by Crippen LogP contribution is 2.31. The fourth-order valence-corrected chi connectivity index (χ4v) is 3.26. The highest BCUT2D eigenvalue weighted by Gasteiger charge is 2.25. The van der Waals surface area contributed by atoms with Gasteiger partial charge in [0, 0.05) is 16.5 Å². The van der Waals surface area contributed by atoms with Crippen LogP contribution in [0.3, 0.4) is 0 Å². The summed E-state index contributed by atoms with van der Waals surface area (Å²) in [5.74, 6) is -0.146. The van der Waals surface area contributed by atoms with Crippen LogP contribution in [0.1, 0.15) is 49.0 Å². The predicted molar refractivity (Wildman–Crippen MR) is 95.7 cm³/mol. The van der Waals surface area contributed by atoms with Crippen LogP contribution < -0.4 is 5.14 Å². The topological polar surface area (TPSA) is 85.9 Å². The summed E-state index contributed by atoms with van der Waals surface area (Å²) in [4.78, 5) is 8.87. The molecule has 130 valence electrons. The van der Waals surface area contributed by atoms with Crippen LogP contribution in [-0.2, 0) is 15.4 Å². The third kappa shape index (κ3) is 3.99. The van der Waals surface area contributed by atoms with Gasteiger partial charge in [-0.2, -0.15) is 0 Å². The molecule has 2 N–H and O–H groups in total. The maximum absolute atomic E-state index is 13.2. The SMILES string of the molecule is CC(C)c1nc(C(C)S(N)(=O)=O)nc(-c2ccc(F)cc2)c1CBr. The minimum atomic E-state index is -3.82. The van der Waals surface area contributed by atoms with Gasteiger partial charge in [-0.3, -0.25) is 0 Å². The number of aromatic nitrogens is 2. The number of alkyl halides is 1. The summed E-state index contributed by atoms with van der Waals surface area (Å²) in [5.41, 5.74) is 2.86. The second kappa shape index (κ2) is 7.25. The van der Waals surface area contributed by atoms with Gasteiger partial charge in [-0.1, -0.05) is 29.8 Å². The molecule has 1 atom stereocenters. The van der Waals surface area contributed by atoms with Crippen LogP contribution in [0.2, 0.25) is 0 Å². The van der Waals surface area contributed by atoms with Gasteiger partial charge < -0.3 is 0 Å². The largest absolute Gasteiger partial charge is 0.236 e.